The first-order valence-corrected chi connectivity index (χ1v) is 6.44. The number of hydrogen-bond acceptors (Lipinski definition) is 3. The van der Waals surface area contributed by atoms with E-state index in [1.165, 1.54) is 11.3 Å². The number of nitrogens with two attached hydrogens (primary N) is 1. The van der Waals surface area contributed by atoms with E-state index < -0.39 is 5.91 Å². The number of piperazine rings is 1. The quantitative estimate of drug-likeness (QED) is 0.807. The predicted molar refractivity (Wildman–Crippen MR) is 73.8 cm³/mol. The van der Waals surface area contributed by atoms with E-state index in [-0.39, 0.29) is 12.3 Å². The van der Waals surface area contributed by atoms with E-state index in [9.17, 15) is 9.59 Å². The fourth-order valence-electron chi connectivity index (χ4n) is 2.38. The van der Waals surface area contributed by atoms with Crippen LogP contribution in [-0.2, 0) is 9.59 Å². The van der Waals surface area contributed by atoms with Crippen LogP contribution in [0.5, 0.6) is 0 Å². The van der Waals surface area contributed by atoms with Crippen LogP contribution < -0.4 is 10.6 Å². The number of anilines is 1. The molecule has 0 radical (unpaired) electrons. The lowest BCUT2D eigenvalue weighted by atomic mass is 10.1. The van der Waals surface area contributed by atoms with Gasteiger partial charge in [0.2, 0.25) is 11.8 Å². The zero-order valence-corrected chi connectivity index (χ0v) is 11.1. The van der Waals surface area contributed by atoms with Crippen LogP contribution in [0.3, 0.4) is 0 Å². The Morgan fingerprint density at radius 3 is 2.37 bits per heavy atom. The molecule has 2 rings (SSSR count). The Kier molecular flexibility index (Phi) is 4.04. The highest BCUT2D eigenvalue weighted by Crippen LogP contribution is 2.20. The van der Waals surface area contributed by atoms with Crippen LogP contribution in [0.15, 0.2) is 24.3 Å². The number of benzene rings is 1. The number of aryl methyl sites for hydroxylation is 1. The van der Waals surface area contributed by atoms with E-state index in [0.29, 0.717) is 13.1 Å². The highest BCUT2D eigenvalue weighted by Gasteiger charge is 2.22. The van der Waals surface area contributed by atoms with Gasteiger partial charge < -0.3 is 15.5 Å². The van der Waals surface area contributed by atoms with Gasteiger partial charge in [-0.1, -0.05) is 18.2 Å². The summed E-state index contributed by atoms with van der Waals surface area (Å²) in [5.74, 6) is -0.733. The first kappa shape index (κ1) is 13.4. The Bertz CT molecular complexity index is 479. The summed E-state index contributed by atoms with van der Waals surface area (Å²) in [6.07, 6.45) is -0.190. The molecule has 0 aliphatic carbocycles. The molecule has 102 valence electrons. The van der Waals surface area contributed by atoms with Crippen molar-refractivity contribution >= 4 is 17.5 Å². The van der Waals surface area contributed by atoms with Crippen molar-refractivity contribution in [3.05, 3.63) is 29.8 Å². The molecule has 1 heterocycles. The second kappa shape index (κ2) is 5.73. The Morgan fingerprint density at radius 1 is 1.16 bits per heavy atom. The number of para-hydroxylation sites is 1. The van der Waals surface area contributed by atoms with Gasteiger partial charge in [-0.2, -0.15) is 0 Å². The van der Waals surface area contributed by atoms with E-state index in [1.807, 2.05) is 12.1 Å². The van der Waals surface area contributed by atoms with Crippen LogP contribution in [0, 0.1) is 6.92 Å². The summed E-state index contributed by atoms with van der Waals surface area (Å²) in [6, 6.07) is 8.22. The Balaban J connectivity index is 1.94. The smallest absolute Gasteiger partial charge is 0.232 e. The fourth-order valence-corrected chi connectivity index (χ4v) is 2.38. The molecule has 2 amide bonds. The molecular weight excluding hydrogens is 242 g/mol. The van der Waals surface area contributed by atoms with Gasteiger partial charge in [0, 0.05) is 31.9 Å². The number of rotatable bonds is 3. The molecule has 1 aliphatic rings. The number of carbonyl (C=O) groups excluding carboxylic acids is 2. The lowest BCUT2D eigenvalue weighted by Gasteiger charge is -2.36. The highest BCUT2D eigenvalue weighted by atomic mass is 16.2. The lowest BCUT2D eigenvalue weighted by molar-refractivity contribution is -0.135. The normalized spacial score (nSPS) is 15.4. The predicted octanol–water partition coefficient (Wildman–Crippen LogP) is 0.519. The van der Waals surface area contributed by atoms with E-state index in [4.69, 9.17) is 5.73 Å². The number of primary amides is 1. The third kappa shape index (κ3) is 3.24. The number of amides is 2. The van der Waals surface area contributed by atoms with Crippen molar-refractivity contribution in [2.45, 2.75) is 13.3 Å². The Hall–Kier alpha value is -2.04. The molecule has 1 aromatic rings. The van der Waals surface area contributed by atoms with Crippen molar-refractivity contribution in [3.8, 4) is 0 Å². The molecule has 1 aromatic carbocycles. The van der Waals surface area contributed by atoms with Crippen LogP contribution in [0.25, 0.3) is 0 Å². The van der Waals surface area contributed by atoms with Gasteiger partial charge in [-0.25, -0.2) is 0 Å². The SMILES string of the molecule is Cc1ccccc1N1CCN(C(=O)CC(N)=O)CC1. The molecule has 5 nitrogen and oxygen atoms in total. The van der Waals surface area contributed by atoms with E-state index >= 15 is 0 Å². The summed E-state index contributed by atoms with van der Waals surface area (Å²) in [7, 11) is 0. The minimum absolute atomic E-state index is 0.170. The van der Waals surface area contributed by atoms with Gasteiger partial charge in [-0.3, -0.25) is 9.59 Å². The Morgan fingerprint density at radius 2 is 1.79 bits per heavy atom. The van der Waals surface area contributed by atoms with Crippen LogP contribution in [-0.4, -0.2) is 42.9 Å². The molecule has 0 atom stereocenters. The van der Waals surface area contributed by atoms with Crippen molar-refractivity contribution in [1.29, 1.82) is 0 Å². The largest absolute Gasteiger partial charge is 0.369 e. The third-order valence-corrected chi connectivity index (χ3v) is 3.41. The lowest BCUT2D eigenvalue weighted by Crippen LogP contribution is -2.49. The van der Waals surface area contributed by atoms with Crippen molar-refractivity contribution in [2.24, 2.45) is 5.73 Å². The van der Waals surface area contributed by atoms with E-state index in [2.05, 4.69) is 24.0 Å². The molecule has 0 unspecified atom stereocenters. The average molecular weight is 261 g/mol. The summed E-state index contributed by atoms with van der Waals surface area (Å²) in [5.41, 5.74) is 7.49. The van der Waals surface area contributed by atoms with Crippen LogP contribution in [0.4, 0.5) is 5.69 Å². The van der Waals surface area contributed by atoms with E-state index in [1.54, 1.807) is 4.90 Å². The monoisotopic (exact) mass is 261 g/mol. The van der Waals surface area contributed by atoms with E-state index in [0.717, 1.165) is 13.1 Å². The third-order valence-electron chi connectivity index (χ3n) is 3.41. The van der Waals surface area contributed by atoms with Crippen molar-refractivity contribution in [2.75, 3.05) is 31.1 Å². The summed E-state index contributed by atoms with van der Waals surface area (Å²) >= 11 is 0. The van der Waals surface area contributed by atoms with Crippen molar-refractivity contribution < 1.29 is 9.59 Å². The maximum atomic E-state index is 11.7. The molecule has 5 heteroatoms. The summed E-state index contributed by atoms with van der Waals surface area (Å²) in [5, 5.41) is 0. The molecule has 2 N–H and O–H groups in total. The second-order valence-electron chi connectivity index (χ2n) is 4.80. The molecule has 1 aliphatic heterocycles. The fraction of sp³-hybridized carbons (Fsp3) is 0.429. The minimum atomic E-state index is -0.564. The molecule has 0 bridgehead atoms. The molecule has 1 fully saturated rings. The maximum absolute atomic E-state index is 11.7. The molecule has 0 spiro atoms. The molecule has 0 saturated carbocycles. The Labute approximate surface area is 113 Å². The molecule has 0 aromatic heterocycles. The standard InChI is InChI=1S/C14H19N3O2/c1-11-4-2-3-5-12(11)16-6-8-17(9-7-16)14(19)10-13(15)18/h2-5H,6-10H2,1H3,(H2,15,18). The van der Waals surface area contributed by atoms with Gasteiger partial charge in [0.1, 0.15) is 6.42 Å². The van der Waals surface area contributed by atoms with Crippen molar-refractivity contribution in [1.82, 2.24) is 4.90 Å². The summed E-state index contributed by atoms with van der Waals surface area (Å²) in [4.78, 5) is 26.4. The van der Waals surface area contributed by atoms with Crippen LogP contribution in [0.1, 0.15) is 12.0 Å². The molecule has 1 saturated heterocycles. The zero-order valence-electron chi connectivity index (χ0n) is 11.1. The summed E-state index contributed by atoms with van der Waals surface area (Å²) < 4.78 is 0. The number of hydrogen-bond donors (Lipinski definition) is 1. The number of carbonyl (C=O) groups is 2. The summed E-state index contributed by atoms with van der Waals surface area (Å²) in [6.45, 7) is 4.94. The van der Waals surface area contributed by atoms with Crippen molar-refractivity contribution in [3.63, 3.8) is 0 Å². The number of nitrogens with zero attached hydrogens (tertiary/aromatic N) is 2. The van der Waals surface area contributed by atoms with Gasteiger partial charge in [0.05, 0.1) is 0 Å². The van der Waals surface area contributed by atoms with Gasteiger partial charge in [0.25, 0.3) is 0 Å². The topological polar surface area (TPSA) is 66.6 Å². The van der Waals surface area contributed by atoms with Gasteiger partial charge in [-0.15, -0.1) is 0 Å². The van der Waals surface area contributed by atoms with Gasteiger partial charge in [-0.05, 0) is 18.6 Å². The molecule has 19 heavy (non-hydrogen) atoms. The minimum Gasteiger partial charge on any atom is -0.369 e. The first-order valence-electron chi connectivity index (χ1n) is 6.44. The zero-order chi connectivity index (χ0) is 13.8. The van der Waals surface area contributed by atoms with Gasteiger partial charge >= 0.3 is 0 Å². The first-order chi connectivity index (χ1) is 9.08. The maximum Gasteiger partial charge on any atom is 0.232 e. The second-order valence-corrected chi connectivity index (χ2v) is 4.80. The highest BCUT2D eigenvalue weighted by molar-refractivity contribution is 5.96. The van der Waals surface area contributed by atoms with Crippen LogP contribution >= 0.6 is 0 Å². The van der Waals surface area contributed by atoms with Gasteiger partial charge in [0.15, 0.2) is 0 Å². The van der Waals surface area contributed by atoms with Crippen LogP contribution in [0.2, 0.25) is 0 Å². The average Bonchev–Trinajstić information content (AvgIpc) is 2.39. The molecular formula is C14H19N3O2.